The molecule has 0 aliphatic heterocycles. The van der Waals surface area contributed by atoms with Crippen molar-refractivity contribution >= 4 is 5.91 Å². The number of halogens is 1. The van der Waals surface area contributed by atoms with Gasteiger partial charge in [0.05, 0.1) is 0 Å². The van der Waals surface area contributed by atoms with Gasteiger partial charge in [-0.1, -0.05) is 19.9 Å². The number of benzene rings is 1. The molecule has 4 N–H and O–H groups in total. The lowest BCUT2D eigenvalue weighted by molar-refractivity contribution is 0.0931. The number of carbonyl (C=O) groups is 1. The van der Waals surface area contributed by atoms with Gasteiger partial charge in [0.1, 0.15) is 17.1 Å². The van der Waals surface area contributed by atoms with E-state index in [0.29, 0.717) is 13.1 Å². The van der Waals surface area contributed by atoms with Gasteiger partial charge < -0.3 is 16.2 Å². The van der Waals surface area contributed by atoms with E-state index in [-0.39, 0.29) is 16.7 Å². The monoisotopic (exact) mass is 240 g/mol. The highest BCUT2D eigenvalue weighted by molar-refractivity contribution is 5.97. The van der Waals surface area contributed by atoms with Crippen LogP contribution in [0.1, 0.15) is 24.2 Å². The largest absolute Gasteiger partial charge is 0.507 e. The molecule has 0 aliphatic rings. The van der Waals surface area contributed by atoms with Crippen molar-refractivity contribution in [3.05, 3.63) is 29.6 Å². The molecule has 1 aromatic rings. The zero-order chi connectivity index (χ0) is 13.1. The number of phenols is 1. The molecule has 0 fully saturated rings. The second-order valence-electron chi connectivity index (χ2n) is 4.68. The van der Waals surface area contributed by atoms with E-state index >= 15 is 0 Å². The van der Waals surface area contributed by atoms with Crippen molar-refractivity contribution in [2.75, 3.05) is 13.1 Å². The Hall–Kier alpha value is -1.62. The molecule has 0 bridgehead atoms. The van der Waals surface area contributed by atoms with E-state index in [1.807, 2.05) is 13.8 Å². The van der Waals surface area contributed by atoms with Crippen LogP contribution >= 0.6 is 0 Å². The summed E-state index contributed by atoms with van der Waals surface area (Å²) >= 11 is 0. The first-order valence-corrected chi connectivity index (χ1v) is 5.33. The van der Waals surface area contributed by atoms with Crippen LogP contribution in [0.25, 0.3) is 0 Å². The van der Waals surface area contributed by atoms with Gasteiger partial charge in [-0.15, -0.1) is 0 Å². The van der Waals surface area contributed by atoms with Crippen molar-refractivity contribution in [3.8, 4) is 5.75 Å². The Kier molecular flexibility index (Phi) is 4.07. The summed E-state index contributed by atoms with van der Waals surface area (Å²) in [6.45, 7) is 4.48. The number of hydrogen-bond acceptors (Lipinski definition) is 3. The third-order valence-corrected chi connectivity index (χ3v) is 2.50. The van der Waals surface area contributed by atoms with Crippen molar-refractivity contribution in [1.29, 1.82) is 0 Å². The molecule has 5 heteroatoms. The summed E-state index contributed by atoms with van der Waals surface area (Å²) in [6.07, 6.45) is 0. The number of nitrogens with two attached hydrogens (primary N) is 1. The van der Waals surface area contributed by atoms with Gasteiger partial charge >= 0.3 is 0 Å². The molecule has 0 saturated heterocycles. The second-order valence-corrected chi connectivity index (χ2v) is 4.68. The second kappa shape index (κ2) is 5.14. The molecule has 0 atom stereocenters. The highest BCUT2D eigenvalue weighted by Crippen LogP contribution is 2.20. The average molecular weight is 240 g/mol. The van der Waals surface area contributed by atoms with Crippen LogP contribution < -0.4 is 11.1 Å². The number of phenolic OH excluding ortho intramolecular Hbond substituents is 1. The minimum atomic E-state index is -0.743. The normalized spacial score (nSPS) is 11.3. The first kappa shape index (κ1) is 13.4. The fourth-order valence-electron chi connectivity index (χ4n) is 1.22. The molecule has 0 aromatic heterocycles. The Balaban J connectivity index is 2.78. The summed E-state index contributed by atoms with van der Waals surface area (Å²) in [7, 11) is 0. The number of amides is 1. The number of nitrogens with one attached hydrogen (secondary N) is 1. The summed E-state index contributed by atoms with van der Waals surface area (Å²) in [5.41, 5.74) is 4.92. The SMILES string of the molecule is CC(C)(CN)CNC(=O)c1c(O)cccc1F. The molecule has 0 saturated carbocycles. The first-order chi connectivity index (χ1) is 7.87. The Morgan fingerprint density at radius 1 is 1.53 bits per heavy atom. The zero-order valence-corrected chi connectivity index (χ0v) is 9.96. The topological polar surface area (TPSA) is 75.3 Å². The summed E-state index contributed by atoms with van der Waals surface area (Å²) in [5, 5.41) is 12.0. The van der Waals surface area contributed by atoms with Crippen LogP contribution in [0, 0.1) is 11.2 Å². The summed E-state index contributed by atoms with van der Waals surface area (Å²) < 4.78 is 13.4. The molecule has 1 amide bonds. The Morgan fingerprint density at radius 2 is 2.18 bits per heavy atom. The lowest BCUT2D eigenvalue weighted by Crippen LogP contribution is -2.38. The number of aromatic hydroxyl groups is 1. The van der Waals surface area contributed by atoms with Crippen LogP contribution in [0.5, 0.6) is 5.75 Å². The van der Waals surface area contributed by atoms with Crippen molar-refractivity contribution in [3.63, 3.8) is 0 Å². The smallest absolute Gasteiger partial charge is 0.258 e. The van der Waals surface area contributed by atoms with Gasteiger partial charge in [0.25, 0.3) is 5.91 Å². The van der Waals surface area contributed by atoms with Crippen LogP contribution in [0.2, 0.25) is 0 Å². The quantitative estimate of drug-likeness (QED) is 0.741. The maximum Gasteiger partial charge on any atom is 0.258 e. The van der Waals surface area contributed by atoms with E-state index in [2.05, 4.69) is 5.32 Å². The Bertz CT molecular complexity index is 399. The predicted octanol–water partition coefficient (Wildman–Crippen LogP) is 1.25. The lowest BCUT2D eigenvalue weighted by atomic mass is 9.94. The van der Waals surface area contributed by atoms with E-state index in [0.717, 1.165) is 6.07 Å². The molecule has 0 spiro atoms. The molecular weight excluding hydrogens is 223 g/mol. The number of carbonyl (C=O) groups excluding carboxylic acids is 1. The van der Waals surface area contributed by atoms with Crippen molar-refractivity contribution in [2.45, 2.75) is 13.8 Å². The highest BCUT2D eigenvalue weighted by Gasteiger charge is 2.20. The minimum absolute atomic E-state index is 0.267. The molecular formula is C12H17FN2O2. The first-order valence-electron chi connectivity index (χ1n) is 5.33. The van der Waals surface area contributed by atoms with E-state index in [1.54, 1.807) is 0 Å². The Labute approximate surface area is 99.6 Å². The van der Waals surface area contributed by atoms with Crippen molar-refractivity contribution in [2.24, 2.45) is 11.1 Å². The summed E-state index contributed by atoms with van der Waals surface area (Å²) in [6, 6.07) is 3.74. The maximum atomic E-state index is 13.4. The van der Waals surface area contributed by atoms with Gasteiger partial charge in [-0.05, 0) is 24.1 Å². The van der Waals surface area contributed by atoms with E-state index in [1.165, 1.54) is 12.1 Å². The molecule has 1 aromatic carbocycles. The fraction of sp³-hybridized carbons (Fsp3) is 0.417. The molecule has 4 nitrogen and oxygen atoms in total. The summed E-state index contributed by atoms with van der Waals surface area (Å²) in [4.78, 5) is 11.7. The van der Waals surface area contributed by atoms with E-state index in [9.17, 15) is 14.3 Å². The van der Waals surface area contributed by atoms with Crippen LogP contribution in [-0.2, 0) is 0 Å². The number of hydrogen-bond donors (Lipinski definition) is 3. The van der Waals surface area contributed by atoms with Crippen molar-refractivity contribution in [1.82, 2.24) is 5.32 Å². The molecule has 0 unspecified atom stereocenters. The van der Waals surface area contributed by atoms with E-state index in [4.69, 9.17) is 5.73 Å². The van der Waals surface area contributed by atoms with Crippen LogP contribution in [-0.4, -0.2) is 24.1 Å². The van der Waals surface area contributed by atoms with Gasteiger partial charge in [0.15, 0.2) is 0 Å². The third-order valence-electron chi connectivity index (χ3n) is 2.50. The van der Waals surface area contributed by atoms with Gasteiger partial charge in [-0.2, -0.15) is 0 Å². The Morgan fingerprint density at radius 3 is 2.71 bits per heavy atom. The molecule has 0 radical (unpaired) electrons. The average Bonchev–Trinajstić information content (AvgIpc) is 2.26. The third kappa shape index (κ3) is 3.42. The molecule has 94 valence electrons. The van der Waals surface area contributed by atoms with E-state index < -0.39 is 11.7 Å². The highest BCUT2D eigenvalue weighted by atomic mass is 19.1. The minimum Gasteiger partial charge on any atom is -0.507 e. The molecule has 17 heavy (non-hydrogen) atoms. The van der Waals surface area contributed by atoms with Gasteiger partial charge in [0, 0.05) is 6.54 Å². The molecule has 0 heterocycles. The summed E-state index contributed by atoms with van der Waals surface area (Å²) in [5.74, 6) is -1.75. The van der Waals surface area contributed by atoms with Crippen molar-refractivity contribution < 1.29 is 14.3 Å². The fourth-order valence-corrected chi connectivity index (χ4v) is 1.22. The zero-order valence-electron chi connectivity index (χ0n) is 9.96. The standard InChI is InChI=1S/C12H17FN2O2/c1-12(2,6-14)7-15-11(17)10-8(13)4-3-5-9(10)16/h3-5,16H,6-7,14H2,1-2H3,(H,15,17). The molecule has 0 aliphatic carbocycles. The number of rotatable bonds is 4. The van der Waals surface area contributed by atoms with Gasteiger partial charge in [0.2, 0.25) is 0 Å². The maximum absolute atomic E-state index is 13.4. The molecule has 1 rings (SSSR count). The van der Waals surface area contributed by atoms with Gasteiger partial charge in [-0.25, -0.2) is 4.39 Å². The van der Waals surface area contributed by atoms with Crippen LogP contribution in [0.4, 0.5) is 4.39 Å². The lowest BCUT2D eigenvalue weighted by Gasteiger charge is -2.22. The van der Waals surface area contributed by atoms with Gasteiger partial charge in [-0.3, -0.25) is 4.79 Å². The predicted molar refractivity (Wildman–Crippen MR) is 63.2 cm³/mol. The van der Waals surface area contributed by atoms with Crippen LogP contribution in [0.3, 0.4) is 0 Å². The van der Waals surface area contributed by atoms with Crippen LogP contribution in [0.15, 0.2) is 18.2 Å².